The summed E-state index contributed by atoms with van der Waals surface area (Å²) >= 11 is 0. The van der Waals surface area contributed by atoms with Crippen molar-refractivity contribution in [3.05, 3.63) is 0 Å². The minimum atomic E-state index is 0.292. The lowest BCUT2D eigenvalue weighted by molar-refractivity contribution is 0.203. The summed E-state index contributed by atoms with van der Waals surface area (Å²) in [6, 6.07) is 0.725. The van der Waals surface area contributed by atoms with Gasteiger partial charge in [-0.05, 0) is 63.6 Å². The summed E-state index contributed by atoms with van der Waals surface area (Å²) < 4.78 is 0. The number of nitrogens with two attached hydrogens (primary N) is 1. The van der Waals surface area contributed by atoms with E-state index in [-0.39, 0.29) is 0 Å². The van der Waals surface area contributed by atoms with E-state index in [1.54, 1.807) is 0 Å². The van der Waals surface area contributed by atoms with E-state index in [9.17, 15) is 0 Å². The molecular weight excluding hydrogens is 212 g/mol. The molecule has 1 heterocycles. The zero-order chi connectivity index (χ0) is 12.7. The summed E-state index contributed by atoms with van der Waals surface area (Å²) in [6.45, 7) is 8.07. The average molecular weight is 242 g/mol. The molecule has 1 aliphatic heterocycles. The second-order valence-electron chi connectivity index (χ2n) is 6.17. The van der Waals surface area contributed by atoms with Crippen LogP contribution in [0.15, 0.2) is 0 Å². The fourth-order valence-corrected chi connectivity index (χ4v) is 2.71. The predicted molar refractivity (Wildman–Crippen MR) is 73.0 cm³/mol. The van der Waals surface area contributed by atoms with Gasteiger partial charge in [0.2, 0.25) is 0 Å². The van der Waals surface area contributed by atoms with Gasteiger partial charge < -0.3 is 15.7 Å². The van der Waals surface area contributed by atoms with Crippen LogP contribution >= 0.6 is 0 Å². The van der Waals surface area contributed by atoms with Crippen LogP contribution in [0.5, 0.6) is 0 Å². The van der Waals surface area contributed by atoms with E-state index in [4.69, 9.17) is 10.8 Å². The molecule has 3 N–H and O–H groups in total. The molecule has 0 aromatic rings. The van der Waals surface area contributed by atoms with Gasteiger partial charge >= 0.3 is 0 Å². The molecule has 0 saturated carbocycles. The van der Waals surface area contributed by atoms with Gasteiger partial charge in [-0.1, -0.05) is 13.8 Å². The van der Waals surface area contributed by atoms with E-state index >= 15 is 0 Å². The zero-order valence-electron chi connectivity index (χ0n) is 11.6. The van der Waals surface area contributed by atoms with Crippen LogP contribution in [0.3, 0.4) is 0 Å². The second kappa shape index (κ2) is 7.34. The molecule has 1 rings (SSSR count). The van der Waals surface area contributed by atoms with Gasteiger partial charge in [-0.3, -0.25) is 0 Å². The SMILES string of the molecule is CC(C)(CN)CCCN1CCCC1CCCO. The highest BCUT2D eigenvalue weighted by atomic mass is 16.2. The summed E-state index contributed by atoms with van der Waals surface area (Å²) in [7, 11) is 0. The van der Waals surface area contributed by atoms with Crippen molar-refractivity contribution < 1.29 is 5.11 Å². The van der Waals surface area contributed by atoms with Crippen molar-refractivity contribution in [3.8, 4) is 0 Å². The molecule has 0 radical (unpaired) electrons. The molecule has 0 amide bonds. The third-order valence-corrected chi connectivity index (χ3v) is 4.05. The van der Waals surface area contributed by atoms with Crippen molar-refractivity contribution in [2.75, 3.05) is 26.2 Å². The fraction of sp³-hybridized carbons (Fsp3) is 1.00. The molecule has 3 heteroatoms. The molecule has 1 atom stereocenters. The summed E-state index contributed by atoms with van der Waals surface area (Å²) in [5.41, 5.74) is 6.04. The number of aliphatic hydroxyl groups excluding tert-OH is 1. The number of hydrogen-bond donors (Lipinski definition) is 2. The molecule has 1 unspecified atom stereocenters. The monoisotopic (exact) mass is 242 g/mol. The quantitative estimate of drug-likeness (QED) is 0.684. The first-order chi connectivity index (χ1) is 8.09. The van der Waals surface area contributed by atoms with Crippen LogP contribution in [0.1, 0.15) is 52.4 Å². The van der Waals surface area contributed by atoms with Crippen LogP contribution in [0.4, 0.5) is 0 Å². The van der Waals surface area contributed by atoms with Crippen molar-refractivity contribution in [1.29, 1.82) is 0 Å². The molecular formula is C14H30N2O. The maximum Gasteiger partial charge on any atom is 0.0431 e. The Labute approximate surface area is 106 Å². The lowest BCUT2D eigenvalue weighted by Crippen LogP contribution is -2.32. The lowest BCUT2D eigenvalue weighted by Gasteiger charge is -2.27. The van der Waals surface area contributed by atoms with Crippen molar-refractivity contribution in [2.45, 2.75) is 58.4 Å². The van der Waals surface area contributed by atoms with Crippen molar-refractivity contribution >= 4 is 0 Å². The molecule has 1 fully saturated rings. The second-order valence-corrected chi connectivity index (χ2v) is 6.17. The molecule has 1 saturated heterocycles. The van der Waals surface area contributed by atoms with Gasteiger partial charge in [0, 0.05) is 12.6 Å². The van der Waals surface area contributed by atoms with Crippen LogP contribution in [0.25, 0.3) is 0 Å². The summed E-state index contributed by atoms with van der Waals surface area (Å²) in [6.07, 6.45) is 7.23. The van der Waals surface area contributed by atoms with Gasteiger partial charge in [-0.25, -0.2) is 0 Å². The lowest BCUT2D eigenvalue weighted by atomic mass is 9.88. The van der Waals surface area contributed by atoms with Crippen LogP contribution in [0, 0.1) is 5.41 Å². The molecule has 17 heavy (non-hydrogen) atoms. The first kappa shape index (κ1) is 14.9. The summed E-state index contributed by atoms with van der Waals surface area (Å²) in [5.74, 6) is 0. The summed E-state index contributed by atoms with van der Waals surface area (Å²) in [5, 5.41) is 8.90. The van der Waals surface area contributed by atoms with Gasteiger partial charge in [0.25, 0.3) is 0 Å². The van der Waals surface area contributed by atoms with Crippen molar-refractivity contribution in [2.24, 2.45) is 11.1 Å². The van der Waals surface area contributed by atoms with E-state index in [2.05, 4.69) is 18.7 Å². The molecule has 0 aliphatic carbocycles. The van der Waals surface area contributed by atoms with E-state index in [1.807, 2.05) is 0 Å². The van der Waals surface area contributed by atoms with E-state index in [0.717, 1.165) is 25.4 Å². The molecule has 0 bridgehead atoms. The smallest absolute Gasteiger partial charge is 0.0431 e. The zero-order valence-corrected chi connectivity index (χ0v) is 11.6. The highest BCUT2D eigenvalue weighted by molar-refractivity contribution is 4.80. The minimum Gasteiger partial charge on any atom is -0.396 e. The Bertz CT molecular complexity index is 206. The van der Waals surface area contributed by atoms with E-state index < -0.39 is 0 Å². The van der Waals surface area contributed by atoms with Crippen LogP contribution in [0.2, 0.25) is 0 Å². The largest absolute Gasteiger partial charge is 0.396 e. The average Bonchev–Trinajstić information content (AvgIpc) is 2.74. The highest BCUT2D eigenvalue weighted by Crippen LogP contribution is 2.24. The van der Waals surface area contributed by atoms with Crippen LogP contribution < -0.4 is 5.73 Å². The molecule has 0 spiro atoms. The third kappa shape index (κ3) is 5.36. The van der Waals surface area contributed by atoms with Gasteiger partial charge in [0.15, 0.2) is 0 Å². The molecule has 0 aromatic carbocycles. The van der Waals surface area contributed by atoms with Gasteiger partial charge in [-0.2, -0.15) is 0 Å². The number of nitrogens with zero attached hydrogens (tertiary/aromatic N) is 1. The topological polar surface area (TPSA) is 49.5 Å². The molecule has 1 aliphatic rings. The van der Waals surface area contributed by atoms with Crippen LogP contribution in [-0.2, 0) is 0 Å². The Morgan fingerprint density at radius 3 is 2.76 bits per heavy atom. The number of likely N-dealkylation sites (tertiary alicyclic amines) is 1. The maximum atomic E-state index is 8.90. The number of hydrogen-bond acceptors (Lipinski definition) is 3. The Balaban J connectivity index is 2.21. The first-order valence-corrected chi connectivity index (χ1v) is 7.14. The van der Waals surface area contributed by atoms with Gasteiger partial charge in [-0.15, -0.1) is 0 Å². The number of aliphatic hydroxyl groups is 1. The molecule has 102 valence electrons. The summed E-state index contributed by atoms with van der Waals surface area (Å²) in [4.78, 5) is 2.61. The van der Waals surface area contributed by atoms with Crippen molar-refractivity contribution in [3.63, 3.8) is 0 Å². The Morgan fingerprint density at radius 2 is 2.12 bits per heavy atom. The highest BCUT2D eigenvalue weighted by Gasteiger charge is 2.24. The Kier molecular flexibility index (Phi) is 6.45. The maximum absolute atomic E-state index is 8.90. The van der Waals surface area contributed by atoms with Crippen molar-refractivity contribution in [1.82, 2.24) is 4.90 Å². The van der Waals surface area contributed by atoms with Gasteiger partial charge in [0.05, 0.1) is 0 Å². The molecule has 0 aromatic heterocycles. The predicted octanol–water partition coefficient (Wildman–Crippen LogP) is 1.99. The third-order valence-electron chi connectivity index (χ3n) is 4.05. The van der Waals surface area contributed by atoms with E-state index in [1.165, 1.54) is 38.8 Å². The normalized spacial score (nSPS) is 22.2. The Morgan fingerprint density at radius 1 is 1.35 bits per heavy atom. The standard InChI is InChI=1S/C14H30N2O/c1-14(2,12-15)8-5-10-16-9-3-6-13(16)7-4-11-17/h13,17H,3-12,15H2,1-2H3. The minimum absolute atomic E-state index is 0.292. The Hall–Kier alpha value is -0.120. The number of rotatable bonds is 8. The van der Waals surface area contributed by atoms with Crippen LogP contribution in [-0.4, -0.2) is 42.3 Å². The first-order valence-electron chi connectivity index (χ1n) is 7.14. The van der Waals surface area contributed by atoms with Gasteiger partial charge in [0.1, 0.15) is 0 Å². The molecule has 3 nitrogen and oxygen atoms in total. The fourth-order valence-electron chi connectivity index (χ4n) is 2.71. The van der Waals surface area contributed by atoms with E-state index in [0.29, 0.717) is 12.0 Å².